The van der Waals surface area contributed by atoms with Crippen molar-refractivity contribution in [1.29, 1.82) is 0 Å². The Morgan fingerprint density at radius 2 is 0.831 bits per heavy atom. The summed E-state index contributed by atoms with van der Waals surface area (Å²) in [6, 6.07) is 12.5. The van der Waals surface area contributed by atoms with E-state index < -0.39 is 12.1 Å². The van der Waals surface area contributed by atoms with Crippen LogP contribution in [0.2, 0.25) is 0 Å². The number of unbranched alkanes of at least 4 members (excludes halogenated alkanes) is 18. The molecule has 4 aromatic rings. The first-order valence-corrected chi connectivity index (χ1v) is 33.4. The summed E-state index contributed by atoms with van der Waals surface area (Å²) in [5, 5.41) is 30.0. The Morgan fingerprint density at radius 3 is 1.11 bits per heavy atom. The molecular formula is C63H100ClN12Na2O9S2+. The fourth-order valence-corrected chi connectivity index (χ4v) is 11.6. The fourth-order valence-electron chi connectivity index (χ4n) is 9.94. The largest absolute Gasteiger partial charge is 1.00 e. The summed E-state index contributed by atoms with van der Waals surface area (Å²) < 4.78 is 3.22. The van der Waals surface area contributed by atoms with E-state index in [2.05, 4.69) is 59.8 Å². The number of piperazine rings is 2. The zero-order valence-electron chi connectivity index (χ0n) is 55.1. The minimum Gasteiger partial charge on any atom is -1.00 e. The minimum atomic E-state index is -0.734. The van der Waals surface area contributed by atoms with Crippen LogP contribution in [0.3, 0.4) is 0 Å². The molecule has 0 aliphatic carbocycles. The Hall–Kier alpha value is -3.72. The number of aromatic nitrogens is 6. The number of carbonyl (C=O) groups is 7. The third kappa shape index (κ3) is 35.2. The quantitative estimate of drug-likeness (QED) is 0.0216. The van der Waals surface area contributed by atoms with E-state index in [1.165, 1.54) is 126 Å². The van der Waals surface area contributed by atoms with Crippen molar-refractivity contribution in [2.75, 3.05) is 78.0 Å². The van der Waals surface area contributed by atoms with Crippen molar-refractivity contribution in [3.8, 4) is 11.4 Å². The summed E-state index contributed by atoms with van der Waals surface area (Å²) in [4.78, 5) is 97.6. The Morgan fingerprint density at radius 1 is 0.528 bits per heavy atom. The molecule has 0 bridgehead atoms. The molecule has 4 heterocycles. The van der Waals surface area contributed by atoms with Crippen molar-refractivity contribution < 1.29 is 117 Å². The zero-order chi connectivity index (χ0) is 62.0. The van der Waals surface area contributed by atoms with E-state index in [4.69, 9.17) is 10.1 Å². The number of amides is 4. The number of rotatable bonds is 37. The van der Waals surface area contributed by atoms with Crippen LogP contribution in [0.25, 0.3) is 11.4 Å². The first-order valence-electron chi connectivity index (χ1n) is 31.4. The van der Waals surface area contributed by atoms with Crippen molar-refractivity contribution in [3.63, 3.8) is 0 Å². The van der Waals surface area contributed by atoms with Crippen LogP contribution in [0.4, 0.5) is 0 Å². The van der Waals surface area contributed by atoms with Gasteiger partial charge in [-0.25, -0.2) is 9.36 Å². The molecule has 26 heteroatoms. The average molecular weight is 1320 g/mol. The van der Waals surface area contributed by atoms with Crippen molar-refractivity contribution >= 4 is 63.9 Å². The van der Waals surface area contributed by atoms with Crippen LogP contribution in [0.15, 0.2) is 73.3 Å². The fraction of sp³-hybridized carbons (Fsp3) is 0.635. The molecule has 0 unspecified atom stereocenters. The van der Waals surface area contributed by atoms with Gasteiger partial charge in [-0.15, -0.1) is 10.2 Å². The molecule has 2 aliphatic rings. The monoisotopic (exact) mass is 1310 g/mol. The average Bonchev–Trinajstić information content (AvgIpc) is 3.36. The second-order valence-corrected chi connectivity index (χ2v) is 24.5. The van der Waals surface area contributed by atoms with E-state index >= 15 is 0 Å². The molecule has 4 amide bonds. The zero-order valence-corrected chi connectivity index (χ0v) is 60.6. The number of carbonyl (C=O) groups excluding carboxylic acids is 7. The van der Waals surface area contributed by atoms with Gasteiger partial charge in [-0.2, -0.15) is 0 Å². The molecule has 2 aromatic carbocycles. The number of nitrogens with one attached hydrogen (secondary N) is 2. The van der Waals surface area contributed by atoms with Gasteiger partial charge in [0.05, 0.1) is 48.6 Å². The standard InChI is InChI=1S/2C31H48N6O3S.CH2O3.ClH2.2Na.H/c2*1-3-4-5-6-7-8-9-10-11-12-25-41-29(38)18-17-28(31(40)36-23-21-35(2)22-24-36)33-30(39)26-13-15-27(16-14-26)37-20-19-32-34-37;2-1-4-3;;;;/h2*13-16,19-20,28H,3-12,17-18,21-25H2,1-2H3,(H,33,39);1,3H;1H2;;;/q;;;3*+1;-1/p-1/t2*28-;;;;;/m00...../s1. The number of hydrogen-bond acceptors (Lipinski definition) is 17. The minimum absolute atomic E-state index is 0. The maximum Gasteiger partial charge on any atom is 1.00 e. The van der Waals surface area contributed by atoms with Crippen LogP contribution in [-0.4, -0.2) is 180 Å². The molecule has 21 nitrogen and oxygen atoms in total. The number of nitrogens with zero attached hydrogens (tertiary/aromatic N) is 10. The Kier molecular flexibility index (Phi) is 48.4. The molecule has 89 heavy (non-hydrogen) atoms. The number of hydrogen-bond donors (Lipinski definition) is 2. The van der Waals surface area contributed by atoms with Crippen LogP contribution >= 0.6 is 23.5 Å². The van der Waals surface area contributed by atoms with Crippen molar-refractivity contribution in [3.05, 3.63) is 84.4 Å². The summed E-state index contributed by atoms with van der Waals surface area (Å²) in [5.41, 5.74) is 2.47. The van der Waals surface area contributed by atoms with Gasteiger partial charge in [0, 0.05) is 87.8 Å². The predicted molar refractivity (Wildman–Crippen MR) is 342 cm³/mol. The molecule has 0 saturated carbocycles. The third-order valence-corrected chi connectivity index (χ3v) is 17.3. The van der Waals surface area contributed by atoms with Crippen LogP contribution in [0, 0.1) is 12.4 Å². The Labute approximate surface area is 589 Å². The number of thioether (sulfide) groups is 2. The van der Waals surface area contributed by atoms with Gasteiger partial charge in [-0.05, 0) is 88.3 Å². The van der Waals surface area contributed by atoms with Crippen molar-refractivity contribution in [2.24, 2.45) is 0 Å². The molecule has 2 aromatic heterocycles. The summed E-state index contributed by atoms with van der Waals surface area (Å²) in [6.45, 7) is 9.98. The smallest absolute Gasteiger partial charge is 1.00 e. The Bertz CT molecular complexity index is 2350. The van der Waals surface area contributed by atoms with E-state index in [1.807, 2.05) is 14.1 Å². The van der Waals surface area contributed by atoms with Gasteiger partial charge in [0.1, 0.15) is 12.1 Å². The van der Waals surface area contributed by atoms with Crippen molar-refractivity contribution in [2.45, 2.75) is 180 Å². The molecule has 486 valence electrons. The number of benzene rings is 2. The number of halogens is 1. The molecule has 6 rings (SSSR count). The van der Waals surface area contributed by atoms with Crippen LogP contribution in [0.5, 0.6) is 0 Å². The van der Waals surface area contributed by atoms with Crippen LogP contribution in [-0.2, 0) is 28.9 Å². The van der Waals surface area contributed by atoms with Gasteiger partial charge >= 0.3 is 59.1 Å². The van der Waals surface area contributed by atoms with Gasteiger partial charge in [0.2, 0.25) is 11.8 Å². The van der Waals surface area contributed by atoms with Gasteiger partial charge in [0.15, 0.2) is 10.2 Å². The summed E-state index contributed by atoms with van der Waals surface area (Å²) in [7, 11) is 4.07. The van der Waals surface area contributed by atoms with E-state index in [0.717, 1.165) is 74.7 Å². The summed E-state index contributed by atoms with van der Waals surface area (Å²) >= 11 is 2.72. The van der Waals surface area contributed by atoms with Crippen LogP contribution < -0.4 is 75.0 Å². The Balaban J connectivity index is 0.00000159. The first-order chi connectivity index (χ1) is 41.9. The maximum atomic E-state index is 13.4. The number of likely N-dealkylation sites (N-methyl/N-ethyl adjacent to an activating group) is 2. The SMILES string of the molecule is CCCCCCCCCCCCSC(=O)CC[C@H](NC(=O)c1ccc(-n2ccnn2)cc1)C(=O)N1CCN(C)CC1.CCCCCCCCCCCCSC(=O)CC[C@H](NC(=O)c1ccc(-n2ccnn2)cc1)C(=O)N1CCN(C)CC1.O=CO[O-].[ClH2+].[H-].[Na+].[Na+]. The van der Waals surface area contributed by atoms with E-state index in [1.54, 1.807) is 92.5 Å². The van der Waals surface area contributed by atoms with Gasteiger partial charge < -0.3 is 41.8 Å². The molecule has 2 aliphatic heterocycles. The van der Waals surface area contributed by atoms with Gasteiger partial charge in [-0.3, -0.25) is 33.6 Å². The molecule has 2 N–H and O–H groups in total. The first kappa shape index (κ1) is 83.3. The summed E-state index contributed by atoms with van der Waals surface area (Å²) in [6.07, 6.45) is 33.2. The molecule has 0 radical (unpaired) electrons. The van der Waals surface area contributed by atoms with Crippen LogP contribution in [0.1, 0.15) is 190 Å². The maximum absolute atomic E-state index is 13.4. The molecule has 2 atom stereocenters. The van der Waals surface area contributed by atoms with E-state index in [0.29, 0.717) is 50.1 Å². The normalized spacial score (nSPS) is 13.7. The third-order valence-electron chi connectivity index (χ3n) is 15.3. The van der Waals surface area contributed by atoms with E-state index in [-0.39, 0.29) is 126 Å². The van der Waals surface area contributed by atoms with Gasteiger partial charge in [0.25, 0.3) is 18.3 Å². The summed E-state index contributed by atoms with van der Waals surface area (Å²) in [5.74, 6) is 0.755. The van der Waals surface area contributed by atoms with Gasteiger partial charge in [-0.1, -0.05) is 163 Å². The molecule has 0 spiro atoms. The molecule has 2 fully saturated rings. The predicted octanol–water partition coefficient (Wildman–Crippen LogP) is 2.22. The second-order valence-electron chi connectivity index (χ2n) is 22.2. The second kappa shape index (κ2) is 51.7. The topological polar surface area (TPSA) is 250 Å². The van der Waals surface area contributed by atoms with Crippen molar-refractivity contribution in [1.82, 2.24) is 60.2 Å². The molecular weight excluding hydrogens is 1210 g/mol. The van der Waals surface area contributed by atoms with E-state index in [9.17, 15) is 28.8 Å². The molecule has 2 saturated heterocycles.